The van der Waals surface area contributed by atoms with Gasteiger partial charge in [0, 0.05) is 29.1 Å². The summed E-state index contributed by atoms with van der Waals surface area (Å²) in [6.45, 7) is 3.18. The Morgan fingerprint density at radius 1 is 1.06 bits per heavy atom. The van der Waals surface area contributed by atoms with Crippen molar-refractivity contribution in [3.05, 3.63) is 65.4 Å². The monoisotopic (exact) mass is 452 g/mol. The third-order valence-corrected chi connectivity index (χ3v) is 8.32. The van der Waals surface area contributed by atoms with Crippen LogP contribution in [0.1, 0.15) is 61.9 Å². The molecule has 0 bridgehead atoms. The number of fused-ring (bicyclic) bond motifs is 3. The highest BCUT2D eigenvalue weighted by molar-refractivity contribution is 7.89. The van der Waals surface area contributed by atoms with Gasteiger partial charge in [-0.15, -0.1) is 0 Å². The summed E-state index contributed by atoms with van der Waals surface area (Å²) in [6.07, 6.45) is 6.34. The van der Waals surface area contributed by atoms with Gasteiger partial charge in [0.2, 0.25) is 10.0 Å². The van der Waals surface area contributed by atoms with Crippen LogP contribution in [-0.2, 0) is 16.4 Å². The molecule has 2 atom stereocenters. The molecule has 1 aromatic heterocycles. The highest BCUT2D eigenvalue weighted by Gasteiger charge is 2.31. The lowest BCUT2D eigenvalue weighted by Crippen LogP contribution is -2.49. The van der Waals surface area contributed by atoms with Crippen molar-refractivity contribution in [1.29, 1.82) is 0 Å². The van der Waals surface area contributed by atoms with Gasteiger partial charge in [0.05, 0.1) is 17.1 Å². The summed E-state index contributed by atoms with van der Waals surface area (Å²) >= 11 is 0. The van der Waals surface area contributed by atoms with E-state index in [0.717, 1.165) is 56.1 Å². The van der Waals surface area contributed by atoms with Gasteiger partial charge in [-0.2, -0.15) is 0 Å². The first-order valence-electron chi connectivity index (χ1n) is 11.8. The van der Waals surface area contributed by atoms with Gasteiger partial charge in [-0.25, -0.2) is 13.1 Å². The van der Waals surface area contributed by atoms with Crippen molar-refractivity contribution < 1.29 is 8.42 Å². The zero-order valence-corrected chi connectivity index (χ0v) is 19.3. The van der Waals surface area contributed by atoms with E-state index in [0.29, 0.717) is 4.90 Å². The molecule has 1 unspecified atom stereocenters. The predicted octanol–water partition coefficient (Wildman–Crippen LogP) is 3.95. The van der Waals surface area contributed by atoms with Crippen molar-refractivity contribution in [3.8, 4) is 0 Å². The van der Waals surface area contributed by atoms with Crippen LogP contribution >= 0.6 is 0 Å². The van der Waals surface area contributed by atoms with Crippen LogP contribution in [0.4, 0.5) is 0 Å². The summed E-state index contributed by atoms with van der Waals surface area (Å²) < 4.78 is 28.2. The molecule has 1 aliphatic carbocycles. The van der Waals surface area contributed by atoms with Crippen LogP contribution in [0.15, 0.2) is 53.4 Å². The van der Waals surface area contributed by atoms with E-state index in [9.17, 15) is 8.42 Å². The maximum absolute atomic E-state index is 12.7. The third kappa shape index (κ3) is 4.22. The fourth-order valence-electron chi connectivity index (χ4n) is 4.73. The van der Waals surface area contributed by atoms with E-state index < -0.39 is 10.0 Å². The van der Waals surface area contributed by atoms with Gasteiger partial charge < -0.3 is 10.3 Å². The molecular formula is C25H32N4O2S. The van der Waals surface area contributed by atoms with Gasteiger partial charge >= 0.3 is 0 Å². The molecular weight excluding hydrogens is 420 g/mol. The Hall–Kier alpha value is -2.19. The lowest BCUT2D eigenvalue weighted by molar-refractivity contribution is 0.368. The summed E-state index contributed by atoms with van der Waals surface area (Å²) in [5, 5.41) is 8.67. The summed E-state index contributed by atoms with van der Waals surface area (Å²) in [5.74, 6) is 0. The Kier molecular flexibility index (Phi) is 6.07. The molecule has 32 heavy (non-hydrogen) atoms. The summed E-state index contributed by atoms with van der Waals surface area (Å²) in [5.41, 5.74) is 4.70. The van der Waals surface area contributed by atoms with Gasteiger partial charge in [0.1, 0.15) is 0 Å². The van der Waals surface area contributed by atoms with Crippen LogP contribution < -0.4 is 15.4 Å². The van der Waals surface area contributed by atoms with Crippen molar-refractivity contribution in [2.75, 3.05) is 6.54 Å². The van der Waals surface area contributed by atoms with E-state index in [4.69, 9.17) is 0 Å². The van der Waals surface area contributed by atoms with E-state index in [-0.39, 0.29) is 18.2 Å². The Labute approximate surface area is 190 Å². The van der Waals surface area contributed by atoms with Crippen LogP contribution in [0.2, 0.25) is 0 Å². The van der Waals surface area contributed by atoms with Crippen LogP contribution in [-0.4, -0.2) is 32.2 Å². The summed E-state index contributed by atoms with van der Waals surface area (Å²) in [6, 6.07) is 15.8. The van der Waals surface area contributed by atoms with E-state index in [1.54, 1.807) is 12.1 Å². The SMILES string of the molecule is CCCCN[C@H]1Cc2c([nH]c3ccccc23)C(c2ccc(S(=O)(=O)NC3CCC3)cc2)N1. The Bertz CT molecular complexity index is 1180. The maximum atomic E-state index is 12.7. The van der Waals surface area contributed by atoms with E-state index in [1.807, 2.05) is 12.1 Å². The highest BCUT2D eigenvalue weighted by atomic mass is 32.2. The minimum Gasteiger partial charge on any atom is -0.357 e. The number of aromatic nitrogens is 1. The standard InChI is InChI=1S/C25H32N4O2S/c1-2-3-15-26-23-16-21-20-9-4-5-10-22(20)27-25(21)24(28-23)17-11-13-19(14-12-17)32(30,31)29-18-7-6-8-18/h4-5,9-14,18,23-24,26-29H,2-3,6-8,15-16H2,1H3/t23-,24?/m1/s1. The molecule has 1 fully saturated rings. The third-order valence-electron chi connectivity index (χ3n) is 6.78. The smallest absolute Gasteiger partial charge is 0.240 e. The average Bonchev–Trinajstić information content (AvgIpc) is 3.15. The lowest BCUT2D eigenvalue weighted by atomic mass is 9.92. The molecule has 5 rings (SSSR count). The van der Waals surface area contributed by atoms with Crippen molar-refractivity contribution in [1.82, 2.24) is 20.3 Å². The quantitative estimate of drug-likeness (QED) is 0.390. The van der Waals surface area contributed by atoms with Gasteiger partial charge in [-0.1, -0.05) is 50.1 Å². The van der Waals surface area contributed by atoms with Crippen LogP contribution in [0.3, 0.4) is 0 Å². The molecule has 1 saturated carbocycles. The number of unbranched alkanes of at least 4 members (excludes halogenated alkanes) is 1. The summed E-state index contributed by atoms with van der Waals surface area (Å²) in [7, 11) is -3.47. The second-order valence-electron chi connectivity index (χ2n) is 9.05. The van der Waals surface area contributed by atoms with E-state index >= 15 is 0 Å². The number of aromatic amines is 1. The fourth-order valence-corrected chi connectivity index (χ4v) is 6.04. The van der Waals surface area contributed by atoms with Crippen molar-refractivity contribution in [2.45, 2.75) is 68.6 Å². The van der Waals surface area contributed by atoms with Crippen molar-refractivity contribution in [3.63, 3.8) is 0 Å². The fraction of sp³-hybridized carbons (Fsp3) is 0.440. The number of benzene rings is 2. The second kappa shape index (κ2) is 8.98. The molecule has 2 heterocycles. The molecule has 170 valence electrons. The molecule has 0 radical (unpaired) electrons. The number of para-hydroxylation sites is 1. The van der Waals surface area contributed by atoms with Crippen LogP contribution in [0, 0.1) is 0 Å². The van der Waals surface area contributed by atoms with Crippen molar-refractivity contribution in [2.24, 2.45) is 0 Å². The Morgan fingerprint density at radius 2 is 1.84 bits per heavy atom. The van der Waals surface area contributed by atoms with Crippen molar-refractivity contribution >= 4 is 20.9 Å². The number of rotatable bonds is 8. The normalized spacial score (nSPS) is 21.4. The molecule has 2 aromatic carbocycles. The molecule has 2 aliphatic rings. The maximum Gasteiger partial charge on any atom is 0.240 e. The van der Waals surface area contributed by atoms with Crippen LogP contribution in [0.25, 0.3) is 10.9 Å². The minimum absolute atomic E-state index is 0.0263. The molecule has 0 saturated heterocycles. The van der Waals surface area contributed by atoms with Gasteiger partial charge in [-0.3, -0.25) is 5.32 Å². The average molecular weight is 453 g/mol. The number of sulfonamides is 1. The zero-order valence-electron chi connectivity index (χ0n) is 18.5. The molecule has 3 aromatic rings. The van der Waals surface area contributed by atoms with Gasteiger partial charge in [-0.05, 0) is 55.1 Å². The predicted molar refractivity (Wildman–Crippen MR) is 128 cm³/mol. The lowest BCUT2D eigenvalue weighted by Gasteiger charge is -2.32. The Balaban J connectivity index is 1.45. The summed E-state index contributed by atoms with van der Waals surface area (Å²) in [4.78, 5) is 3.95. The topological polar surface area (TPSA) is 86.0 Å². The molecule has 6 nitrogen and oxygen atoms in total. The molecule has 0 amide bonds. The highest BCUT2D eigenvalue weighted by Crippen LogP contribution is 2.35. The van der Waals surface area contributed by atoms with Gasteiger partial charge in [0.15, 0.2) is 0 Å². The molecule has 1 aliphatic heterocycles. The van der Waals surface area contributed by atoms with Crippen LogP contribution in [0.5, 0.6) is 0 Å². The first-order chi connectivity index (χ1) is 15.5. The van der Waals surface area contributed by atoms with E-state index in [2.05, 4.69) is 51.5 Å². The first kappa shape index (κ1) is 21.6. The molecule has 0 spiro atoms. The zero-order chi connectivity index (χ0) is 22.1. The molecule has 4 N–H and O–H groups in total. The number of hydrogen-bond donors (Lipinski definition) is 4. The van der Waals surface area contributed by atoms with Gasteiger partial charge in [0.25, 0.3) is 0 Å². The number of H-pyrrole nitrogens is 1. The van der Waals surface area contributed by atoms with E-state index in [1.165, 1.54) is 16.6 Å². The minimum atomic E-state index is -3.47. The second-order valence-corrected chi connectivity index (χ2v) is 10.8. The number of nitrogens with one attached hydrogen (secondary N) is 4. The molecule has 7 heteroatoms. The number of hydrogen-bond acceptors (Lipinski definition) is 4. The largest absolute Gasteiger partial charge is 0.357 e. The Morgan fingerprint density at radius 3 is 2.56 bits per heavy atom. The first-order valence-corrected chi connectivity index (χ1v) is 13.2.